The summed E-state index contributed by atoms with van der Waals surface area (Å²) in [5.41, 5.74) is 3.71. The molecule has 0 fully saturated rings. The Kier molecular flexibility index (Phi) is 2.75. The highest BCUT2D eigenvalue weighted by Gasteiger charge is 2.14. The Bertz CT molecular complexity index is 744. The highest BCUT2D eigenvalue weighted by molar-refractivity contribution is 5.82. The van der Waals surface area contributed by atoms with E-state index in [1.54, 1.807) is 0 Å². The maximum absolute atomic E-state index is 10.2. The number of phenols is 1. The van der Waals surface area contributed by atoms with Crippen molar-refractivity contribution in [1.29, 1.82) is 0 Å². The quantitative estimate of drug-likeness (QED) is 0.754. The molecule has 1 heterocycles. The van der Waals surface area contributed by atoms with Crippen molar-refractivity contribution in [1.82, 2.24) is 9.55 Å². The standard InChI is InChI=1S/C16H16N2O/c1-3-18-14-10-5-4-9-13(14)17-16(18)12-8-6-7-11(2)15(12)19/h4-10,19H,3H2,1-2H3. The third-order valence-corrected chi connectivity index (χ3v) is 3.45. The van der Waals surface area contributed by atoms with Crippen LogP contribution in [0.2, 0.25) is 0 Å². The lowest BCUT2D eigenvalue weighted by Crippen LogP contribution is -1.98. The van der Waals surface area contributed by atoms with Gasteiger partial charge in [0.1, 0.15) is 11.6 Å². The van der Waals surface area contributed by atoms with Crippen LogP contribution in [0.1, 0.15) is 12.5 Å². The minimum atomic E-state index is 0.313. The predicted molar refractivity (Wildman–Crippen MR) is 77.2 cm³/mol. The summed E-state index contributed by atoms with van der Waals surface area (Å²) in [6.45, 7) is 4.81. The zero-order chi connectivity index (χ0) is 13.4. The average molecular weight is 252 g/mol. The van der Waals surface area contributed by atoms with Gasteiger partial charge in [0.25, 0.3) is 0 Å². The number of rotatable bonds is 2. The second-order valence-electron chi connectivity index (χ2n) is 4.64. The Hall–Kier alpha value is -2.29. The molecule has 0 aliphatic carbocycles. The van der Waals surface area contributed by atoms with E-state index in [1.807, 2.05) is 43.3 Å². The van der Waals surface area contributed by atoms with Crippen LogP contribution in [0.5, 0.6) is 5.75 Å². The summed E-state index contributed by atoms with van der Waals surface area (Å²) in [5, 5.41) is 10.2. The molecule has 0 aliphatic rings. The average Bonchev–Trinajstić information content (AvgIpc) is 2.80. The molecule has 3 aromatic rings. The number of aryl methyl sites for hydroxylation is 2. The summed E-state index contributed by atoms with van der Waals surface area (Å²) >= 11 is 0. The number of benzene rings is 2. The summed E-state index contributed by atoms with van der Waals surface area (Å²) < 4.78 is 2.13. The van der Waals surface area contributed by atoms with E-state index in [1.165, 1.54) is 0 Å². The molecule has 96 valence electrons. The molecule has 0 saturated heterocycles. The first-order chi connectivity index (χ1) is 9.22. The topological polar surface area (TPSA) is 38.0 Å². The van der Waals surface area contributed by atoms with E-state index >= 15 is 0 Å². The molecule has 0 aliphatic heterocycles. The van der Waals surface area contributed by atoms with Crippen LogP contribution in [0.15, 0.2) is 42.5 Å². The number of imidazole rings is 1. The van der Waals surface area contributed by atoms with Crippen molar-refractivity contribution >= 4 is 11.0 Å². The normalized spacial score (nSPS) is 11.1. The van der Waals surface area contributed by atoms with Gasteiger partial charge >= 0.3 is 0 Å². The summed E-state index contributed by atoms with van der Waals surface area (Å²) in [7, 11) is 0. The lowest BCUT2D eigenvalue weighted by molar-refractivity contribution is 0.472. The van der Waals surface area contributed by atoms with E-state index in [9.17, 15) is 5.11 Å². The summed E-state index contributed by atoms with van der Waals surface area (Å²) in [5.74, 6) is 1.14. The summed E-state index contributed by atoms with van der Waals surface area (Å²) in [6.07, 6.45) is 0. The molecule has 1 aromatic heterocycles. The minimum Gasteiger partial charge on any atom is -0.507 e. The van der Waals surface area contributed by atoms with Crippen LogP contribution in [0, 0.1) is 6.92 Å². The molecule has 2 aromatic carbocycles. The van der Waals surface area contributed by atoms with Crippen molar-refractivity contribution in [2.24, 2.45) is 0 Å². The van der Waals surface area contributed by atoms with Crippen LogP contribution in [-0.4, -0.2) is 14.7 Å². The van der Waals surface area contributed by atoms with Crippen LogP contribution in [0.25, 0.3) is 22.4 Å². The van der Waals surface area contributed by atoms with Gasteiger partial charge in [-0.1, -0.05) is 24.3 Å². The zero-order valence-corrected chi connectivity index (χ0v) is 11.1. The fraction of sp³-hybridized carbons (Fsp3) is 0.188. The van der Waals surface area contributed by atoms with Gasteiger partial charge in [-0.2, -0.15) is 0 Å². The number of nitrogens with zero attached hydrogens (tertiary/aromatic N) is 2. The SMILES string of the molecule is CCn1c(-c2cccc(C)c2O)nc2ccccc21. The van der Waals surface area contributed by atoms with Gasteiger partial charge in [0.05, 0.1) is 16.6 Å². The number of para-hydroxylation sites is 3. The summed E-state index contributed by atoms with van der Waals surface area (Å²) in [4.78, 5) is 4.66. The van der Waals surface area contributed by atoms with Gasteiger partial charge in [-0.3, -0.25) is 0 Å². The van der Waals surface area contributed by atoms with E-state index in [2.05, 4.69) is 22.5 Å². The fourth-order valence-electron chi connectivity index (χ4n) is 2.44. The molecule has 0 saturated carbocycles. The number of phenolic OH excluding ortho intramolecular Hbond substituents is 1. The van der Waals surface area contributed by atoms with Crippen molar-refractivity contribution in [2.75, 3.05) is 0 Å². The molecular weight excluding hydrogens is 236 g/mol. The van der Waals surface area contributed by atoms with Crippen LogP contribution in [-0.2, 0) is 6.54 Å². The molecule has 0 spiro atoms. The Balaban J connectivity index is 2.33. The van der Waals surface area contributed by atoms with Gasteiger partial charge in [-0.05, 0) is 37.6 Å². The maximum atomic E-state index is 10.2. The van der Waals surface area contributed by atoms with E-state index in [0.29, 0.717) is 5.75 Å². The molecule has 3 rings (SSSR count). The van der Waals surface area contributed by atoms with E-state index in [4.69, 9.17) is 0 Å². The molecule has 3 nitrogen and oxygen atoms in total. The summed E-state index contributed by atoms with van der Waals surface area (Å²) in [6, 6.07) is 13.8. The maximum Gasteiger partial charge on any atom is 0.144 e. The first kappa shape index (κ1) is 11.8. The third-order valence-electron chi connectivity index (χ3n) is 3.45. The molecule has 0 radical (unpaired) electrons. The molecule has 0 amide bonds. The molecule has 0 bridgehead atoms. The monoisotopic (exact) mass is 252 g/mol. The van der Waals surface area contributed by atoms with Crippen LogP contribution >= 0.6 is 0 Å². The first-order valence-electron chi connectivity index (χ1n) is 6.46. The Morgan fingerprint density at radius 3 is 2.68 bits per heavy atom. The number of hydrogen-bond donors (Lipinski definition) is 1. The van der Waals surface area contributed by atoms with Gasteiger partial charge in [-0.15, -0.1) is 0 Å². The second kappa shape index (κ2) is 4.43. The van der Waals surface area contributed by atoms with Crippen LogP contribution in [0.3, 0.4) is 0 Å². The fourth-order valence-corrected chi connectivity index (χ4v) is 2.44. The van der Waals surface area contributed by atoms with Crippen molar-refractivity contribution < 1.29 is 5.11 Å². The molecule has 0 atom stereocenters. The Morgan fingerprint density at radius 1 is 1.11 bits per heavy atom. The molecular formula is C16H16N2O. The smallest absolute Gasteiger partial charge is 0.144 e. The largest absolute Gasteiger partial charge is 0.507 e. The molecule has 0 unspecified atom stereocenters. The minimum absolute atomic E-state index is 0.313. The van der Waals surface area contributed by atoms with Gasteiger partial charge < -0.3 is 9.67 Å². The number of hydrogen-bond acceptors (Lipinski definition) is 2. The molecule has 3 heteroatoms. The second-order valence-corrected chi connectivity index (χ2v) is 4.64. The lowest BCUT2D eigenvalue weighted by Gasteiger charge is -2.09. The molecule has 19 heavy (non-hydrogen) atoms. The van der Waals surface area contributed by atoms with Crippen LogP contribution in [0.4, 0.5) is 0 Å². The van der Waals surface area contributed by atoms with Crippen molar-refractivity contribution in [3.05, 3.63) is 48.0 Å². The Labute approximate surface area is 112 Å². The zero-order valence-electron chi connectivity index (χ0n) is 11.1. The number of aromatic nitrogens is 2. The van der Waals surface area contributed by atoms with E-state index < -0.39 is 0 Å². The van der Waals surface area contributed by atoms with Gasteiger partial charge in [-0.25, -0.2) is 4.98 Å². The third kappa shape index (κ3) is 1.78. The molecule has 1 N–H and O–H groups in total. The Morgan fingerprint density at radius 2 is 1.89 bits per heavy atom. The van der Waals surface area contributed by atoms with E-state index in [-0.39, 0.29) is 0 Å². The van der Waals surface area contributed by atoms with Gasteiger partial charge in [0.2, 0.25) is 0 Å². The first-order valence-corrected chi connectivity index (χ1v) is 6.46. The number of aromatic hydroxyl groups is 1. The van der Waals surface area contributed by atoms with Crippen molar-refractivity contribution in [3.8, 4) is 17.1 Å². The predicted octanol–water partition coefficient (Wildman–Crippen LogP) is 3.74. The van der Waals surface area contributed by atoms with Crippen molar-refractivity contribution in [2.45, 2.75) is 20.4 Å². The van der Waals surface area contributed by atoms with Gasteiger partial charge in [0, 0.05) is 6.54 Å². The highest BCUT2D eigenvalue weighted by atomic mass is 16.3. The van der Waals surface area contributed by atoms with E-state index in [0.717, 1.165) is 34.5 Å². The van der Waals surface area contributed by atoms with Crippen LogP contribution < -0.4 is 0 Å². The number of fused-ring (bicyclic) bond motifs is 1. The highest BCUT2D eigenvalue weighted by Crippen LogP contribution is 2.33. The van der Waals surface area contributed by atoms with Gasteiger partial charge in [0.15, 0.2) is 0 Å². The lowest BCUT2D eigenvalue weighted by atomic mass is 10.1. The van der Waals surface area contributed by atoms with Crippen molar-refractivity contribution in [3.63, 3.8) is 0 Å².